The van der Waals surface area contributed by atoms with Crippen molar-refractivity contribution >= 4 is 18.0 Å². The molecule has 2 aromatic carbocycles. The van der Waals surface area contributed by atoms with Gasteiger partial charge in [-0.1, -0.05) is 48.5 Å². The zero-order valence-corrected chi connectivity index (χ0v) is 17.7. The van der Waals surface area contributed by atoms with E-state index in [1.54, 1.807) is 0 Å². The quantitative estimate of drug-likeness (QED) is 0.611. The highest BCUT2D eigenvalue weighted by Crippen LogP contribution is 2.44. The van der Waals surface area contributed by atoms with Crippen LogP contribution in [0.3, 0.4) is 0 Å². The molecule has 2 aromatic rings. The molecular weight excluding hydrogens is 410 g/mol. The molecule has 168 valence electrons. The fourth-order valence-corrected chi connectivity index (χ4v) is 4.63. The highest BCUT2D eigenvalue weighted by Gasteiger charge is 2.37. The van der Waals surface area contributed by atoms with E-state index in [4.69, 9.17) is 10.5 Å². The van der Waals surface area contributed by atoms with Gasteiger partial charge in [-0.25, -0.2) is 9.59 Å². The van der Waals surface area contributed by atoms with Crippen LogP contribution in [-0.4, -0.2) is 59.8 Å². The Kier molecular flexibility index (Phi) is 6.41. The minimum Gasteiger partial charge on any atom is -0.480 e. The first-order valence-electron chi connectivity index (χ1n) is 10.9. The molecule has 0 unspecified atom stereocenters. The van der Waals surface area contributed by atoms with Crippen LogP contribution in [0.2, 0.25) is 0 Å². The summed E-state index contributed by atoms with van der Waals surface area (Å²) in [7, 11) is 0. The third-order valence-electron chi connectivity index (χ3n) is 6.20. The number of aliphatic carboxylic acids is 1. The Morgan fingerprint density at radius 2 is 1.72 bits per heavy atom. The Bertz CT molecular complexity index is 979. The first-order chi connectivity index (χ1) is 15.5. The molecular formula is C24H27N3O5. The zero-order valence-electron chi connectivity index (χ0n) is 17.7. The van der Waals surface area contributed by atoms with Crippen molar-refractivity contribution in [1.29, 1.82) is 0 Å². The molecule has 1 saturated heterocycles. The van der Waals surface area contributed by atoms with Crippen molar-refractivity contribution in [2.45, 2.75) is 37.3 Å². The summed E-state index contributed by atoms with van der Waals surface area (Å²) in [5.74, 6) is -1.70. The lowest BCUT2D eigenvalue weighted by Gasteiger charge is -2.25. The van der Waals surface area contributed by atoms with Gasteiger partial charge >= 0.3 is 12.1 Å². The van der Waals surface area contributed by atoms with Crippen molar-refractivity contribution < 1.29 is 24.2 Å². The van der Waals surface area contributed by atoms with Gasteiger partial charge in [-0.15, -0.1) is 0 Å². The number of carboxylic acids is 1. The predicted octanol–water partition coefficient (Wildman–Crippen LogP) is 2.32. The molecule has 8 nitrogen and oxygen atoms in total. The molecule has 2 aliphatic rings. The van der Waals surface area contributed by atoms with Crippen molar-refractivity contribution in [2.75, 3.05) is 19.7 Å². The molecule has 0 aromatic heterocycles. The number of rotatable bonds is 7. The second-order valence-corrected chi connectivity index (χ2v) is 8.13. The minimum absolute atomic E-state index is 0.0674. The number of hydrogen-bond donors (Lipinski definition) is 3. The largest absolute Gasteiger partial charge is 0.480 e. The number of amides is 2. The molecule has 4 rings (SSSR count). The Morgan fingerprint density at radius 3 is 2.31 bits per heavy atom. The zero-order chi connectivity index (χ0) is 22.7. The average Bonchev–Trinajstić information content (AvgIpc) is 3.41. The van der Waals surface area contributed by atoms with Crippen LogP contribution >= 0.6 is 0 Å². The number of hydrogen-bond acceptors (Lipinski definition) is 5. The number of carboxylic acid groups (broad SMARTS) is 1. The number of nitrogens with zero attached hydrogens (tertiary/aromatic N) is 1. The average molecular weight is 437 g/mol. The third-order valence-corrected chi connectivity index (χ3v) is 6.20. The molecule has 1 fully saturated rings. The van der Waals surface area contributed by atoms with E-state index in [0.29, 0.717) is 19.4 Å². The van der Waals surface area contributed by atoms with Gasteiger partial charge in [0.05, 0.1) is 0 Å². The number of carbonyl (C=O) groups is 3. The lowest BCUT2D eigenvalue weighted by Crippen LogP contribution is -2.51. The summed E-state index contributed by atoms with van der Waals surface area (Å²) in [5, 5.41) is 11.8. The van der Waals surface area contributed by atoms with Gasteiger partial charge in [-0.2, -0.15) is 0 Å². The van der Waals surface area contributed by atoms with Crippen molar-refractivity contribution in [3.05, 3.63) is 59.7 Å². The van der Waals surface area contributed by atoms with Crippen LogP contribution < -0.4 is 11.1 Å². The topological polar surface area (TPSA) is 122 Å². The number of ether oxygens (including phenoxy) is 1. The maximum atomic E-state index is 12.9. The fraction of sp³-hybridized carbons (Fsp3) is 0.375. The summed E-state index contributed by atoms with van der Waals surface area (Å²) in [6.45, 7) is 0.698. The number of nitrogens with two attached hydrogens (primary N) is 1. The smallest absolute Gasteiger partial charge is 0.410 e. The van der Waals surface area contributed by atoms with Crippen LogP contribution in [-0.2, 0) is 14.3 Å². The maximum Gasteiger partial charge on any atom is 0.410 e. The van der Waals surface area contributed by atoms with Crippen molar-refractivity contribution in [3.8, 4) is 11.1 Å². The summed E-state index contributed by atoms with van der Waals surface area (Å²) in [5.41, 5.74) is 9.95. The van der Waals surface area contributed by atoms with E-state index in [-0.39, 0.29) is 25.5 Å². The van der Waals surface area contributed by atoms with Gasteiger partial charge < -0.3 is 20.9 Å². The summed E-state index contributed by atoms with van der Waals surface area (Å²) in [6.07, 6.45) is 0.677. The molecule has 32 heavy (non-hydrogen) atoms. The molecule has 0 radical (unpaired) electrons. The van der Waals surface area contributed by atoms with E-state index < -0.39 is 30.1 Å². The van der Waals surface area contributed by atoms with Crippen LogP contribution in [0.4, 0.5) is 4.79 Å². The number of fused-ring (bicyclic) bond motifs is 3. The van der Waals surface area contributed by atoms with Gasteiger partial charge in [0.15, 0.2) is 0 Å². The lowest BCUT2D eigenvalue weighted by atomic mass is 9.98. The Hall–Kier alpha value is -3.39. The second kappa shape index (κ2) is 9.40. The summed E-state index contributed by atoms with van der Waals surface area (Å²) in [6, 6.07) is 14.3. The SMILES string of the molecule is NCC[C@H](NC(=O)[C@@H]1CCCN1C(=O)OCC1c2ccccc2-c2ccccc21)C(=O)O. The van der Waals surface area contributed by atoms with E-state index >= 15 is 0 Å². The van der Waals surface area contributed by atoms with Gasteiger partial charge in [0.2, 0.25) is 5.91 Å². The molecule has 1 heterocycles. The van der Waals surface area contributed by atoms with Gasteiger partial charge in [0.25, 0.3) is 0 Å². The standard InChI is InChI=1S/C24H27N3O5/c25-12-11-20(23(29)30)26-22(28)21-10-5-13-27(21)24(31)32-14-19-17-8-3-1-6-15(17)16-7-2-4-9-18(16)19/h1-4,6-9,19-21H,5,10-14,25H2,(H,26,28)(H,29,30)/t20-,21-/m0/s1. The minimum atomic E-state index is -1.14. The second-order valence-electron chi connectivity index (χ2n) is 8.13. The summed E-state index contributed by atoms with van der Waals surface area (Å²) < 4.78 is 5.67. The molecule has 1 aliphatic carbocycles. The number of nitrogens with one attached hydrogen (secondary N) is 1. The first-order valence-corrected chi connectivity index (χ1v) is 10.9. The number of likely N-dealkylation sites (tertiary alicyclic amines) is 1. The molecule has 2 amide bonds. The van der Waals surface area contributed by atoms with Crippen molar-refractivity contribution in [1.82, 2.24) is 10.2 Å². The molecule has 1 aliphatic heterocycles. The monoisotopic (exact) mass is 437 g/mol. The molecule has 0 spiro atoms. The lowest BCUT2D eigenvalue weighted by molar-refractivity contribution is -0.142. The third kappa shape index (κ3) is 4.18. The Balaban J connectivity index is 1.43. The molecule has 8 heteroatoms. The highest BCUT2D eigenvalue weighted by molar-refractivity contribution is 5.89. The Labute approximate surface area is 186 Å². The van der Waals surface area contributed by atoms with Gasteiger partial charge in [-0.3, -0.25) is 9.69 Å². The normalized spacial score (nSPS) is 18.0. The van der Waals surface area contributed by atoms with E-state index in [1.165, 1.54) is 4.90 Å². The van der Waals surface area contributed by atoms with Crippen LogP contribution in [0.5, 0.6) is 0 Å². The Morgan fingerprint density at radius 1 is 1.09 bits per heavy atom. The molecule has 2 atom stereocenters. The number of carbonyl (C=O) groups excluding carboxylic acids is 2. The van der Waals surface area contributed by atoms with Crippen molar-refractivity contribution in [2.24, 2.45) is 5.73 Å². The highest BCUT2D eigenvalue weighted by atomic mass is 16.6. The van der Waals surface area contributed by atoms with E-state index in [0.717, 1.165) is 22.3 Å². The van der Waals surface area contributed by atoms with E-state index in [9.17, 15) is 19.5 Å². The van der Waals surface area contributed by atoms with Crippen LogP contribution in [0, 0.1) is 0 Å². The van der Waals surface area contributed by atoms with E-state index in [1.807, 2.05) is 36.4 Å². The summed E-state index contributed by atoms with van der Waals surface area (Å²) in [4.78, 5) is 38.3. The molecule has 0 bridgehead atoms. The fourth-order valence-electron chi connectivity index (χ4n) is 4.63. The molecule has 4 N–H and O–H groups in total. The van der Waals surface area contributed by atoms with Gasteiger partial charge in [0.1, 0.15) is 18.7 Å². The predicted molar refractivity (Wildman–Crippen MR) is 118 cm³/mol. The molecule has 0 saturated carbocycles. The van der Waals surface area contributed by atoms with Crippen LogP contribution in [0.1, 0.15) is 36.3 Å². The first kappa shape index (κ1) is 21.8. The van der Waals surface area contributed by atoms with Crippen molar-refractivity contribution in [3.63, 3.8) is 0 Å². The number of benzene rings is 2. The maximum absolute atomic E-state index is 12.9. The van der Waals surface area contributed by atoms with E-state index in [2.05, 4.69) is 17.4 Å². The summed E-state index contributed by atoms with van der Waals surface area (Å²) >= 11 is 0. The van der Waals surface area contributed by atoms with Crippen LogP contribution in [0.15, 0.2) is 48.5 Å². The van der Waals surface area contributed by atoms with Crippen LogP contribution in [0.25, 0.3) is 11.1 Å². The van der Waals surface area contributed by atoms with Gasteiger partial charge in [-0.05, 0) is 48.1 Å². The van der Waals surface area contributed by atoms with Gasteiger partial charge in [0, 0.05) is 12.5 Å².